The molecule has 0 unspecified atom stereocenters. The van der Waals surface area contributed by atoms with Crippen LogP contribution in [-0.2, 0) is 14.3 Å². The minimum absolute atomic E-state index is 0.0903. The average molecular weight is 635 g/mol. The first kappa shape index (κ1) is 33.9. The number of hydrogen-bond acceptors (Lipinski definition) is 5. The van der Waals surface area contributed by atoms with Crippen LogP contribution in [0, 0.1) is 62.1 Å². The highest BCUT2D eigenvalue weighted by molar-refractivity contribution is 5.98. The second-order valence-electron chi connectivity index (χ2n) is 18.9. The molecule has 256 valence electrons. The van der Waals surface area contributed by atoms with E-state index >= 15 is 0 Å². The van der Waals surface area contributed by atoms with Crippen LogP contribution in [0.15, 0.2) is 22.4 Å². The number of fused-ring (bicyclic) bond motifs is 7. The minimum Gasteiger partial charge on any atom is -0.481 e. The summed E-state index contributed by atoms with van der Waals surface area (Å²) in [7, 11) is 0. The molecule has 46 heavy (non-hydrogen) atoms. The van der Waals surface area contributed by atoms with Crippen LogP contribution in [0.2, 0.25) is 0 Å². The number of ether oxygens (including phenoxy) is 1. The Morgan fingerprint density at radius 1 is 0.957 bits per heavy atom. The molecule has 0 amide bonds. The summed E-state index contributed by atoms with van der Waals surface area (Å²) in [5.41, 5.74) is 2.60. The second-order valence-corrected chi connectivity index (χ2v) is 18.9. The van der Waals surface area contributed by atoms with Gasteiger partial charge in [0.15, 0.2) is 0 Å². The molecule has 1 aliphatic heterocycles. The number of rotatable bonds is 8. The van der Waals surface area contributed by atoms with Crippen LogP contribution in [0.25, 0.3) is 0 Å². The van der Waals surface area contributed by atoms with Gasteiger partial charge in [0.2, 0.25) is 0 Å². The van der Waals surface area contributed by atoms with Crippen LogP contribution in [-0.4, -0.2) is 35.1 Å². The molecule has 5 fully saturated rings. The van der Waals surface area contributed by atoms with Crippen LogP contribution in [0.5, 0.6) is 0 Å². The molecule has 6 aliphatic rings. The van der Waals surface area contributed by atoms with Gasteiger partial charge in [-0.05, 0) is 149 Å². The van der Waals surface area contributed by atoms with Gasteiger partial charge in [0.05, 0.1) is 11.8 Å². The van der Waals surface area contributed by atoms with E-state index in [0.29, 0.717) is 28.6 Å². The molecule has 6 heteroatoms. The summed E-state index contributed by atoms with van der Waals surface area (Å²) < 4.78 is 6.18. The molecule has 6 nitrogen and oxygen atoms in total. The lowest BCUT2D eigenvalue weighted by atomic mass is 9.32. The van der Waals surface area contributed by atoms with Gasteiger partial charge in [-0.15, -0.1) is 0 Å². The van der Waals surface area contributed by atoms with Gasteiger partial charge in [-0.3, -0.25) is 9.59 Å². The van der Waals surface area contributed by atoms with E-state index < -0.39 is 11.4 Å². The van der Waals surface area contributed by atoms with Gasteiger partial charge >= 0.3 is 11.9 Å². The first-order chi connectivity index (χ1) is 21.4. The van der Waals surface area contributed by atoms with Crippen LogP contribution >= 0.6 is 0 Å². The maximum Gasteiger partial charge on any atom is 0.309 e. The number of aliphatic carboxylic acids is 1. The highest BCUT2D eigenvalue weighted by Crippen LogP contribution is 2.78. The summed E-state index contributed by atoms with van der Waals surface area (Å²) in [6.45, 7) is 22.8. The molecule has 0 aromatic carbocycles. The minimum atomic E-state index is -1.12. The molecule has 0 aromatic rings. The zero-order chi connectivity index (χ0) is 33.5. The standard InChI is InChI=1S/C40H62N2O4/c1-25(2)27-13-20-40(19-12-26-16-23-41-42-26)22-21-38(8)28(33(27)40)10-11-30-37(7)17-15-31(46-32(43)24-35(3,4)34(44)45)36(5,6)29(37)14-18-39(30,38)9/h23,27-31,33H,1,10-22,24H2,2-9H3,(H,44,45)/t27-,28+,29-,30+,31-,33+,37-,38+,39+,40+/m0/s1. The molecule has 1 N–H and O–H groups in total. The Morgan fingerprint density at radius 3 is 2.35 bits per heavy atom. The van der Waals surface area contributed by atoms with Crippen LogP contribution < -0.4 is 0 Å². The second kappa shape index (κ2) is 11.3. The summed E-state index contributed by atoms with van der Waals surface area (Å²) in [6.07, 6.45) is 17.3. The Labute approximate surface area is 278 Å². The zero-order valence-electron chi connectivity index (χ0n) is 30.2. The molecule has 5 aliphatic carbocycles. The number of allylic oxidation sites excluding steroid dienone is 1. The Morgan fingerprint density at radius 2 is 1.70 bits per heavy atom. The molecule has 6 rings (SSSR count). The largest absolute Gasteiger partial charge is 0.481 e. The van der Waals surface area contributed by atoms with Crippen molar-refractivity contribution in [2.75, 3.05) is 0 Å². The predicted octanol–water partition coefficient (Wildman–Crippen LogP) is 9.67. The van der Waals surface area contributed by atoms with Crippen molar-refractivity contribution in [1.29, 1.82) is 0 Å². The van der Waals surface area contributed by atoms with Crippen molar-refractivity contribution >= 4 is 23.9 Å². The molecular weight excluding hydrogens is 572 g/mol. The van der Waals surface area contributed by atoms with Crippen molar-refractivity contribution in [3.8, 4) is 0 Å². The van der Waals surface area contributed by atoms with Crippen molar-refractivity contribution < 1.29 is 19.4 Å². The number of carbonyl (C=O) groups is 2. The predicted molar refractivity (Wildman–Crippen MR) is 185 cm³/mol. The van der Waals surface area contributed by atoms with E-state index in [1.165, 1.54) is 69.1 Å². The van der Waals surface area contributed by atoms with E-state index in [0.717, 1.165) is 37.5 Å². The first-order valence-electron chi connectivity index (χ1n) is 18.6. The lowest BCUT2D eigenvalue weighted by molar-refractivity contribution is -0.250. The number of carboxylic acid groups (broad SMARTS) is 1. The third kappa shape index (κ3) is 4.99. The highest BCUT2D eigenvalue weighted by atomic mass is 16.5. The number of hydrogen-bond donors (Lipinski definition) is 1. The summed E-state index contributed by atoms with van der Waals surface area (Å²) >= 11 is 0. The smallest absolute Gasteiger partial charge is 0.309 e. The number of esters is 1. The van der Waals surface area contributed by atoms with E-state index in [4.69, 9.17) is 4.74 Å². The molecule has 0 saturated heterocycles. The molecule has 0 radical (unpaired) electrons. The zero-order valence-corrected chi connectivity index (χ0v) is 30.2. The fourth-order valence-corrected chi connectivity index (χ4v) is 13.4. The topological polar surface area (TPSA) is 88.3 Å². The maximum absolute atomic E-state index is 13.0. The van der Waals surface area contributed by atoms with Crippen molar-refractivity contribution in [1.82, 2.24) is 0 Å². The normalized spacial score (nSPS) is 44.3. The van der Waals surface area contributed by atoms with E-state index in [2.05, 4.69) is 58.3 Å². The quantitative estimate of drug-likeness (QED) is 0.213. The molecule has 5 saturated carbocycles. The van der Waals surface area contributed by atoms with E-state index in [1.807, 2.05) is 6.21 Å². The van der Waals surface area contributed by atoms with Gasteiger partial charge in [-0.25, -0.2) is 0 Å². The Hall–Kier alpha value is -1.98. The van der Waals surface area contributed by atoms with Gasteiger partial charge in [0.25, 0.3) is 0 Å². The summed E-state index contributed by atoms with van der Waals surface area (Å²) in [5, 5.41) is 18.2. The molecule has 10 atom stereocenters. The van der Waals surface area contributed by atoms with Crippen molar-refractivity contribution in [2.45, 2.75) is 151 Å². The van der Waals surface area contributed by atoms with Crippen LogP contribution in [0.1, 0.15) is 145 Å². The van der Waals surface area contributed by atoms with Gasteiger partial charge in [-0.1, -0.05) is 46.8 Å². The fourth-order valence-electron chi connectivity index (χ4n) is 13.4. The SMILES string of the molecule is C=C(C)[C@@H]1CC[C@]2(CCC3=NN=CC3)CC[C@]3(C)[C@H](CC[C@@H]4[C@@]5(C)CC[C@H](OC(=O)CC(C)(C)C(=O)O)C(C)(C)[C@@H]5CC[C@]43C)[C@@H]12. The summed E-state index contributed by atoms with van der Waals surface area (Å²) in [5.74, 6) is 1.89. The molecule has 0 aromatic heterocycles. The van der Waals surface area contributed by atoms with E-state index in [-0.39, 0.29) is 34.7 Å². The van der Waals surface area contributed by atoms with Crippen molar-refractivity contribution in [2.24, 2.45) is 72.3 Å². The van der Waals surface area contributed by atoms with Gasteiger partial charge in [0.1, 0.15) is 6.10 Å². The Kier molecular flexibility index (Phi) is 8.32. The Balaban J connectivity index is 1.25. The van der Waals surface area contributed by atoms with E-state index in [9.17, 15) is 14.7 Å². The lowest BCUT2D eigenvalue weighted by Gasteiger charge is -2.73. The van der Waals surface area contributed by atoms with Crippen LogP contribution in [0.4, 0.5) is 0 Å². The van der Waals surface area contributed by atoms with E-state index in [1.54, 1.807) is 13.8 Å². The third-order valence-corrected chi connectivity index (χ3v) is 16.1. The monoisotopic (exact) mass is 634 g/mol. The van der Waals surface area contributed by atoms with Gasteiger partial charge < -0.3 is 9.84 Å². The van der Waals surface area contributed by atoms with Gasteiger partial charge in [0, 0.05) is 23.8 Å². The van der Waals surface area contributed by atoms with Crippen LogP contribution in [0.3, 0.4) is 0 Å². The van der Waals surface area contributed by atoms with Crippen molar-refractivity contribution in [3.63, 3.8) is 0 Å². The summed E-state index contributed by atoms with van der Waals surface area (Å²) in [6, 6.07) is 0. The molecule has 1 heterocycles. The van der Waals surface area contributed by atoms with Gasteiger partial charge in [-0.2, -0.15) is 10.2 Å². The molecular formula is C40H62N2O4. The number of carboxylic acids is 1. The average Bonchev–Trinajstić information content (AvgIpc) is 3.62. The Bertz CT molecular complexity index is 1330. The maximum atomic E-state index is 13.0. The fraction of sp³-hybridized carbons (Fsp3) is 0.850. The van der Waals surface area contributed by atoms with Crippen molar-refractivity contribution in [3.05, 3.63) is 12.2 Å². The number of carbonyl (C=O) groups excluding carboxylic acids is 1. The molecule has 0 bridgehead atoms. The highest BCUT2D eigenvalue weighted by Gasteiger charge is 2.71. The lowest BCUT2D eigenvalue weighted by Crippen LogP contribution is -2.66. The number of nitrogens with zero attached hydrogens (tertiary/aromatic N) is 2. The molecule has 0 spiro atoms. The first-order valence-corrected chi connectivity index (χ1v) is 18.6. The third-order valence-electron chi connectivity index (χ3n) is 16.1. The summed E-state index contributed by atoms with van der Waals surface area (Å²) in [4.78, 5) is 24.7.